The third-order valence-electron chi connectivity index (χ3n) is 2.65. The molecule has 2 aromatic rings. The van der Waals surface area contributed by atoms with E-state index in [1.54, 1.807) is 24.4 Å². The summed E-state index contributed by atoms with van der Waals surface area (Å²) in [4.78, 5) is 8.36. The first kappa shape index (κ1) is 13.0. The molecule has 0 radical (unpaired) electrons. The maximum atomic E-state index is 5.31. The predicted octanol–water partition coefficient (Wildman–Crippen LogP) is 3.22. The summed E-state index contributed by atoms with van der Waals surface area (Å²) >= 11 is 1.62. The van der Waals surface area contributed by atoms with Crippen molar-refractivity contribution in [1.82, 2.24) is 9.97 Å². The standard InChI is InChI=1S/C13H17N3OS/c1-10(5-6-11-4-3-7-17-11)16-12-8-13(18-2)15-9-14-12/h3-4,7-10H,5-6H2,1-2H3,(H,14,15,16). The van der Waals surface area contributed by atoms with Crippen molar-refractivity contribution in [2.24, 2.45) is 0 Å². The highest BCUT2D eigenvalue weighted by Gasteiger charge is 2.05. The van der Waals surface area contributed by atoms with E-state index in [0.717, 1.165) is 29.4 Å². The molecule has 0 saturated carbocycles. The highest BCUT2D eigenvalue weighted by atomic mass is 32.2. The molecule has 0 aromatic carbocycles. The first-order chi connectivity index (χ1) is 8.78. The van der Waals surface area contributed by atoms with Crippen molar-refractivity contribution >= 4 is 17.6 Å². The minimum atomic E-state index is 0.347. The third-order valence-corrected chi connectivity index (χ3v) is 3.29. The molecule has 18 heavy (non-hydrogen) atoms. The van der Waals surface area contributed by atoms with Gasteiger partial charge in [0.15, 0.2) is 0 Å². The number of hydrogen-bond acceptors (Lipinski definition) is 5. The Bertz CT molecular complexity index is 473. The van der Waals surface area contributed by atoms with Crippen molar-refractivity contribution in [1.29, 1.82) is 0 Å². The molecule has 1 N–H and O–H groups in total. The van der Waals surface area contributed by atoms with E-state index in [-0.39, 0.29) is 0 Å². The Morgan fingerprint density at radius 2 is 2.33 bits per heavy atom. The van der Waals surface area contributed by atoms with Crippen LogP contribution in [0.25, 0.3) is 0 Å². The zero-order valence-electron chi connectivity index (χ0n) is 10.6. The van der Waals surface area contributed by atoms with Crippen molar-refractivity contribution in [3.05, 3.63) is 36.5 Å². The van der Waals surface area contributed by atoms with Crippen molar-refractivity contribution in [3.63, 3.8) is 0 Å². The minimum absolute atomic E-state index is 0.347. The van der Waals surface area contributed by atoms with Gasteiger partial charge in [-0.15, -0.1) is 11.8 Å². The average Bonchev–Trinajstić information content (AvgIpc) is 2.90. The molecule has 0 aliphatic heterocycles. The Morgan fingerprint density at radius 3 is 3.06 bits per heavy atom. The zero-order chi connectivity index (χ0) is 12.8. The van der Waals surface area contributed by atoms with Gasteiger partial charge in [0.1, 0.15) is 22.9 Å². The second kappa shape index (κ2) is 6.44. The molecule has 5 heteroatoms. The Hall–Kier alpha value is -1.49. The Kier molecular flexibility index (Phi) is 4.64. The number of aromatic nitrogens is 2. The fourth-order valence-corrected chi connectivity index (χ4v) is 2.05. The monoisotopic (exact) mass is 263 g/mol. The maximum absolute atomic E-state index is 5.31. The van der Waals surface area contributed by atoms with Crippen LogP contribution in [-0.4, -0.2) is 22.3 Å². The van der Waals surface area contributed by atoms with E-state index < -0.39 is 0 Å². The van der Waals surface area contributed by atoms with Gasteiger partial charge in [0, 0.05) is 18.5 Å². The van der Waals surface area contributed by atoms with Crippen LogP contribution in [0.1, 0.15) is 19.1 Å². The lowest BCUT2D eigenvalue weighted by molar-refractivity contribution is 0.495. The van der Waals surface area contributed by atoms with Crippen LogP contribution in [0.4, 0.5) is 5.82 Å². The van der Waals surface area contributed by atoms with Gasteiger partial charge in [-0.3, -0.25) is 0 Å². The maximum Gasteiger partial charge on any atom is 0.130 e. The summed E-state index contributed by atoms with van der Waals surface area (Å²) in [5, 5.41) is 4.35. The fourth-order valence-electron chi connectivity index (χ4n) is 1.67. The summed E-state index contributed by atoms with van der Waals surface area (Å²) in [5.74, 6) is 1.90. The summed E-state index contributed by atoms with van der Waals surface area (Å²) in [7, 11) is 0. The summed E-state index contributed by atoms with van der Waals surface area (Å²) in [5.41, 5.74) is 0. The van der Waals surface area contributed by atoms with E-state index in [4.69, 9.17) is 4.42 Å². The molecule has 96 valence electrons. The van der Waals surface area contributed by atoms with Gasteiger partial charge >= 0.3 is 0 Å². The van der Waals surface area contributed by atoms with E-state index in [1.807, 2.05) is 24.5 Å². The molecule has 0 spiro atoms. The van der Waals surface area contributed by atoms with Crippen molar-refractivity contribution < 1.29 is 4.42 Å². The molecule has 1 unspecified atom stereocenters. The van der Waals surface area contributed by atoms with Crippen LogP contribution in [0.15, 0.2) is 40.2 Å². The van der Waals surface area contributed by atoms with Crippen LogP contribution in [0.2, 0.25) is 0 Å². The topological polar surface area (TPSA) is 51.0 Å². The molecule has 1 atom stereocenters. The van der Waals surface area contributed by atoms with Crippen molar-refractivity contribution in [2.75, 3.05) is 11.6 Å². The van der Waals surface area contributed by atoms with Crippen LogP contribution < -0.4 is 5.32 Å². The SMILES string of the molecule is CSc1cc(NC(C)CCc2ccco2)ncn1. The molecular weight excluding hydrogens is 246 g/mol. The number of rotatable bonds is 6. The number of nitrogens with zero attached hydrogens (tertiary/aromatic N) is 2. The van der Waals surface area contributed by atoms with E-state index >= 15 is 0 Å². The number of furan rings is 1. The first-order valence-electron chi connectivity index (χ1n) is 5.93. The van der Waals surface area contributed by atoms with E-state index in [9.17, 15) is 0 Å². The normalized spacial score (nSPS) is 12.3. The lowest BCUT2D eigenvalue weighted by atomic mass is 10.1. The molecule has 2 rings (SSSR count). The fraction of sp³-hybridized carbons (Fsp3) is 0.385. The smallest absolute Gasteiger partial charge is 0.130 e. The second-order valence-corrected chi connectivity index (χ2v) is 4.94. The van der Waals surface area contributed by atoms with Gasteiger partial charge < -0.3 is 9.73 Å². The Balaban J connectivity index is 1.84. The Morgan fingerprint density at radius 1 is 1.44 bits per heavy atom. The van der Waals surface area contributed by atoms with Crippen LogP contribution in [0, 0.1) is 0 Å². The van der Waals surface area contributed by atoms with E-state index in [2.05, 4.69) is 22.2 Å². The average molecular weight is 263 g/mol. The molecule has 0 amide bonds. The lowest BCUT2D eigenvalue weighted by Crippen LogP contribution is -2.16. The molecule has 0 saturated heterocycles. The van der Waals surface area contributed by atoms with E-state index in [0.29, 0.717) is 6.04 Å². The van der Waals surface area contributed by atoms with Crippen LogP contribution in [0.5, 0.6) is 0 Å². The van der Waals surface area contributed by atoms with E-state index in [1.165, 1.54) is 0 Å². The molecule has 0 bridgehead atoms. The molecular formula is C13H17N3OS. The summed E-state index contributed by atoms with van der Waals surface area (Å²) in [6, 6.07) is 6.24. The number of anilines is 1. The van der Waals surface area contributed by atoms with Gasteiger partial charge in [-0.05, 0) is 31.7 Å². The van der Waals surface area contributed by atoms with Crippen molar-refractivity contribution in [3.8, 4) is 0 Å². The lowest BCUT2D eigenvalue weighted by Gasteiger charge is -2.13. The van der Waals surface area contributed by atoms with Gasteiger partial charge in [0.2, 0.25) is 0 Å². The predicted molar refractivity (Wildman–Crippen MR) is 73.9 cm³/mol. The quantitative estimate of drug-likeness (QED) is 0.640. The number of hydrogen-bond donors (Lipinski definition) is 1. The largest absolute Gasteiger partial charge is 0.469 e. The Labute approximate surface area is 111 Å². The summed E-state index contributed by atoms with van der Waals surface area (Å²) < 4.78 is 5.31. The van der Waals surface area contributed by atoms with Gasteiger partial charge in [-0.25, -0.2) is 9.97 Å². The van der Waals surface area contributed by atoms with Gasteiger partial charge in [0.25, 0.3) is 0 Å². The second-order valence-electron chi connectivity index (χ2n) is 4.11. The van der Waals surface area contributed by atoms with Gasteiger partial charge in [0.05, 0.1) is 6.26 Å². The molecule has 2 aromatic heterocycles. The molecule has 4 nitrogen and oxygen atoms in total. The number of nitrogens with one attached hydrogen (secondary N) is 1. The highest BCUT2D eigenvalue weighted by Crippen LogP contribution is 2.15. The van der Waals surface area contributed by atoms with Gasteiger partial charge in [-0.2, -0.15) is 0 Å². The number of thioether (sulfide) groups is 1. The van der Waals surface area contributed by atoms with Crippen LogP contribution >= 0.6 is 11.8 Å². The molecule has 2 heterocycles. The highest BCUT2D eigenvalue weighted by molar-refractivity contribution is 7.98. The summed E-state index contributed by atoms with van der Waals surface area (Å²) in [6.45, 7) is 2.14. The zero-order valence-corrected chi connectivity index (χ0v) is 11.4. The summed E-state index contributed by atoms with van der Waals surface area (Å²) in [6.07, 6.45) is 7.25. The van der Waals surface area contributed by atoms with Crippen LogP contribution in [-0.2, 0) is 6.42 Å². The first-order valence-corrected chi connectivity index (χ1v) is 7.15. The minimum Gasteiger partial charge on any atom is -0.469 e. The van der Waals surface area contributed by atoms with Crippen molar-refractivity contribution in [2.45, 2.75) is 30.8 Å². The molecule has 0 fully saturated rings. The molecule has 0 aliphatic carbocycles. The third kappa shape index (κ3) is 3.77. The van der Waals surface area contributed by atoms with Crippen LogP contribution in [0.3, 0.4) is 0 Å². The molecule has 0 aliphatic rings. The van der Waals surface area contributed by atoms with Gasteiger partial charge in [-0.1, -0.05) is 0 Å². The number of aryl methyl sites for hydroxylation is 1.